The molecule has 3 heteroatoms. The Hall–Kier alpha value is -0.730. The number of ether oxygens (including phenoxy) is 1. The number of methoxy groups -OCH3 is 1. The molecular formula is C13H19ClO2. The fourth-order valence-corrected chi connectivity index (χ4v) is 2.01. The second-order valence-corrected chi connectivity index (χ2v) is 5.16. The monoisotopic (exact) mass is 242 g/mol. The Kier molecular flexibility index (Phi) is 4.22. The van der Waals surface area contributed by atoms with Gasteiger partial charge in [0.1, 0.15) is 5.75 Å². The van der Waals surface area contributed by atoms with Crippen molar-refractivity contribution < 1.29 is 9.84 Å². The molecule has 0 radical (unpaired) electrons. The van der Waals surface area contributed by atoms with Crippen LogP contribution < -0.4 is 4.74 Å². The first kappa shape index (κ1) is 13.3. The minimum atomic E-state index is -0.665. The Morgan fingerprint density at radius 3 is 2.50 bits per heavy atom. The number of hydrogen-bond acceptors (Lipinski definition) is 2. The van der Waals surface area contributed by atoms with Crippen molar-refractivity contribution in [2.45, 2.75) is 39.2 Å². The van der Waals surface area contributed by atoms with E-state index in [0.29, 0.717) is 11.4 Å². The van der Waals surface area contributed by atoms with Crippen molar-refractivity contribution in [3.8, 4) is 5.75 Å². The summed E-state index contributed by atoms with van der Waals surface area (Å²) in [6, 6.07) is 3.78. The summed E-state index contributed by atoms with van der Waals surface area (Å²) in [6.07, 6.45) is 1.44. The van der Waals surface area contributed by atoms with Crippen LogP contribution in [0.1, 0.15) is 31.4 Å². The van der Waals surface area contributed by atoms with E-state index in [-0.39, 0.29) is 0 Å². The zero-order chi connectivity index (χ0) is 12.3. The minimum absolute atomic E-state index is 0.665. The van der Waals surface area contributed by atoms with Gasteiger partial charge >= 0.3 is 0 Å². The molecule has 1 aromatic carbocycles. The predicted molar refractivity (Wildman–Crippen MR) is 67.4 cm³/mol. The van der Waals surface area contributed by atoms with Gasteiger partial charge in [0, 0.05) is 5.02 Å². The summed E-state index contributed by atoms with van der Waals surface area (Å²) in [4.78, 5) is 0. The molecule has 0 saturated carbocycles. The van der Waals surface area contributed by atoms with E-state index in [1.807, 2.05) is 19.1 Å². The Morgan fingerprint density at radius 2 is 2.00 bits per heavy atom. The lowest BCUT2D eigenvalue weighted by Crippen LogP contribution is -2.19. The third-order valence-electron chi connectivity index (χ3n) is 2.53. The van der Waals surface area contributed by atoms with Crippen molar-refractivity contribution in [1.29, 1.82) is 0 Å². The van der Waals surface area contributed by atoms with Crippen LogP contribution in [0.15, 0.2) is 12.1 Å². The van der Waals surface area contributed by atoms with Gasteiger partial charge < -0.3 is 9.84 Å². The maximum Gasteiger partial charge on any atom is 0.125 e. The normalized spacial score (nSPS) is 11.6. The van der Waals surface area contributed by atoms with Crippen LogP contribution >= 0.6 is 11.6 Å². The molecule has 2 nitrogen and oxygen atoms in total. The van der Waals surface area contributed by atoms with Crippen molar-refractivity contribution in [2.24, 2.45) is 0 Å². The van der Waals surface area contributed by atoms with Crippen LogP contribution in [-0.2, 0) is 6.42 Å². The standard InChI is InChI=1S/C13H19ClO2/c1-9-7-11(14)8-10(12(9)16-4)5-6-13(2,3)15/h7-8,15H,5-6H2,1-4H3. The highest BCUT2D eigenvalue weighted by atomic mass is 35.5. The SMILES string of the molecule is COc1c(C)cc(Cl)cc1CCC(C)(C)O. The molecule has 0 unspecified atom stereocenters. The average molecular weight is 243 g/mol. The first-order valence-electron chi connectivity index (χ1n) is 5.39. The van der Waals surface area contributed by atoms with Crippen LogP contribution in [0.2, 0.25) is 5.02 Å². The van der Waals surface area contributed by atoms with E-state index in [2.05, 4.69) is 0 Å². The molecule has 90 valence electrons. The van der Waals surface area contributed by atoms with E-state index in [4.69, 9.17) is 16.3 Å². The van der Waals surface area contributed by atoms with Gasteiger partial charge in [-0.15, -0.1) is 0 Å². The molecule has 16 heavy (non-hydrogen) atoms. The van der Waals surface area contributed by atoms with Crippen LogP contribution in [-0.4, -0.2) is 17.8 Å². The fraction of sp³-hybridized carbons (Fsp3) is 0.538. The quantitative estimate of drug-likeness (QED) is 0.877. The van der Waals surface area contributed by atoms with E-state index < -0.39 is 5.60 Å². The van der Waals surface area contributed by atoms with Crippen LogP contribution in [0.4, 0.5) is 0 Å². The van der Waals surface area contributed by atoms with Gasteiger partial charge in [0.15, 0.2) is 0 Å². The topological polar surface area (TPSA) is 29.5 Å². The second kappa shape index (κ2) is 5.07. The van der Waals surface area contributed by atoms with E-state index in [1.165, 1.54) is 0 Å². The molecule has 0 aromatic heterocycles. The zero-order valence-corrected chi connectivity index (χ0v) is 11.1. The molecule has 0 heterocycles. The van der Waals surface area contributed by atoms with Gasteiger partial charge in [-0.25, -0.2) is 0 Å². The number of aryl methyl sites for hydroxylation is 2. The molecular weight excluding hydrogens is 224 g/mol. The summed E-state index contributed by atoms with van der Waals surface area (Å²) in [6.45, 7) is 5.58. The van der Waals surface area contributed by atoms with Crippen LogP contribution in [0.3, 0.4) is 0 Å². The number of benzene rings is 1. The molecule has 1 aromatic rings. The molecule has 0 fully saturated rings. The largest absolute Gasteiger partial charge is 0.496 e. The van der Waals surface area contributed by atoms with Crippen molar-refractivity contribution >= 4 is 11.6 Å². The molecule has 0 amide bonds. The maximum atomic E-state index is 9.71. The van der Waals surface area contributed by atoms with Crippen molar-refractivity contribution in [1.82, 2.24) is 0 Å². The molecule has 1 rings (SSSR count). The minimum Gasteiger partial charge on any atom is -0.496 e. The summed E-state index contributed by atoms with van der Waals surface area (Å²) < 4.78 is 5.36. The van der Waals surface area contributed by atoms with Crippen molar-refractivity contribution in [3.63, 3.8) is 0 Å². The average Bonchev–Trinajstić information content (AvgIpc) is 2.12. The Morgan fingerprint density at radius 1 is 1.38 bits per heavy atom. The predicted octanol–water partition coefficient (Wildman–Crippen LogP) is 3.36. The Labute approximate surface area is 102 Å². The zero-order valence-electron chi connectivity index (χ0n) is 10.3. The third-order valence-corrected chi connectivity index (χ3v) is 2.74. The first-order chi connectivity index (χ1) is 7.33. The summed E-state index contributed by atoms with van der Waals surface area (Å²) >= 11 is 6.01. The molecule has 1 N–H and O–H groups in total. The highest BCUT2D eigenvalue weighted by Gasteiger charge is 2.15. The maximum absolute atomic E-state index is 9.71. The van der Waals surface area contributed by atoms with E-state index in [0.717, 1.165) is 23.3 Å². The van der Waals surface area contributed by atoms with Crippen LogP contribution in [0, 0.1) is 6.92 Å². The van der Waals surface area contributed by atoms with Gasteiger partial charge in [0.05, 0.1) is 12.7 Å². The molecule has 0 saturated heterocycles. The summed E-state index contributed by atoms with van der Waals surface area (Å²) in [5, 5.41) is 10.4. The lowest BCUT2D eigenvalue weighted by molar-refractivity contribution is 0.0712. The highest BCUT2D eigenvalue weighted by Crippen LogP contribution is 2.29. The summed E-state index contributed by atoms with van der Waals surface area (Å²) in [5.41, 5.74) is 1.41. The molecule has 0 bridgehead atoms. The smallest absolute Gasteiger partial charge is 0.125 e. The molecule has 0 aliphatic carbocycles. The van der Waals surface area contributed by atoms with E-state index in [9.17, 15) is 5.11 Å². The van der Waals surface area contributed by atoms with Gasteiger partial charge in [-0.2, -0.15) is 0 Å². The van der Waals surface area contributed by atoms with Gasteiger partial charge in [0.2, 0.25) is 0 Å². The van der Waals surface area contributed by atoms with Crippen molar-refractivity contribution in [2.75, 3.05) is 7.11 Å². The van der Waals surface area contributed by atoms with E-state index >= 15 is 0 Å². The second-order valence-electron chi connectivity index (χ2n) is 4.73. The van der Waals surface area contributed by atoms with Crippen LogP contribution in [0.25, 0.3) is 0 Å². The van der Waals surface area contributed by atoms with Gasteiger partial charge in [-0.05, 0) is 56.9 Å². The molecule has 0 spiro atoms. The molecule has 0 aliphatic rings. The van der Waals surface area contributed by atoms with Crippen LogP contribution in [0.5, 0.6) is 5.75 Å². The number of aliphatic hydroxyl groups is 1. The van der Waals surface area contributed by atoms with E-state index in [1.54, 1.807) is 21.0 Å². The van der Waals surface area contributed by atoms with Gasteiger partial charge in [-0.3, -0.25) is 0 Å². The lowest BCUT2D eigenvalue weighted by Gasteiger charge is -2.18. The highest BCUT2D eigenvalue weighted by molar-refractivity contribution is 6.30. The number of halogens is 1. The Balaban J connectivity index is 2.94. The Bertz CT molecular complexity index is 367. The molecule has 0 atom stereocenters. The van der Waals surface area contributed by atoms with Gasteiger partial charge in [-0.1, -0.05) is 11.6 Å². The number of hydrogen-bond donors (Lipinski definition) is 1. The molecule has 0 aliphatic heterocycles. The first-order valence-corrected chi connectivity index (χ1v) is 5.76. The third kappa shape index (κ3) is 3.69. The lowest BCUT2D eigenvalue weighted by atomic mass is 9.97. The van der Waals surface area contributed by atoms with Gasteiger partial charge in [0.25, 0.3) is 0 Å². The summed E-state index contributed by atoms with van der Waals surface area (Å²) in [7, 11) is 1.66. The number of rotatable bonds is 4. The van der Waals surface area contributed by atoms with Crippen molar-refractivity contribution in [3.05, 3.63) is 28.3 Å². The summed E-state index contributed by atoms with van der Waals surface area (Å²) in [5.74, 6) is 0.869. The fourth-order valence-electron chi connectivity index (χ4n) is 1.72.